The Bertz CT molecular complexity index is 826. The number of rotatable bonds is 8. The van der Waals surface area contributed by atoms with Crippen molar-refractivity contribution >= 4 is 11.7 Å². The Morgan fingerprint density at radius 1 is 1.03 bits per heavy atom. The van der Waals surface area contributed by atoms with Gasteiger partial charge in [-0.25, -0.2) is 0 Å². The molecule has 1 amide bonds. The second-order valence-electron chi connectivity index (χ2n) is 7.56. The number of nitrogens with zero attached hydrogens (tertiary/aromatic N) is 1. The largest absolute Gasteiger partial charge is 0.493 e. The van der Waals surface area contributed by atoms with Gasteiger partial charge in [0, 0.05) is 18.7 Å². The highest BCUT2D eigenvalue weighted by molar-refractivity contribution is 5.94. The van der Waals surface area contributed by atoms with Gasteiger partial charge in [0.25, 0.3) is 5.91 Å². The van der Waals surface area contributed by atoms with Crippen LogP contribution in [0, 0.1) is 5.92 Å². The first kappa shape index (κ1) is 20.9. The van der Waals surface area contributed by atoms with Crippen LogP contribution < -0.4 is 9.47 Å². The van der Waals surface area contributed by atoms with Gasteiger partial charge < -0.3 is 14.4 Å². The van der Waals surface area contributed by atoms with Crippen molar-refractivity contribution in [3.05, 3.63) is 59.7 Å². The summed E-state index contributed by atoms with van der Waals surface area (Å²) in [6, 6.07) is 15.6. The number of carbonyl (C=O) groups excluding carboxylic acids is 2. The normalized spacial score (nSPS) is 14.5. The van der Waals surface area contributed by atoms with E-state index >= 15 is 0 Å². The summed E-state index contributed by atoms with van der Waals surface area (Å²) in [6.45, 7) is 3.04. The highest BCUT2D eigenvalue weighted by Gasteiger charge is 2.23. The van der Waals surface area contributed by atoms with Gasteiger partial charge in [0.2, 0.25) is 0 Å². The molecule has 0 radical (unpaired) electrons. The van der Waals surface area contributed by atoms with Gasteiger partial charge in [-0.3, -0.25) is 9.59 Å². The minimum Gasteiger partial charge on any atom is -0.493 e. The van der Waals surface area contributed by atoms with Gasteiger partial charge in [0.1, 0.15) is 0 Å². The molecule has 5 nitrogen and oxygen atoms in total. The number of hydrogen-bond acceptors (Lipinski definition) is 4. The standard InChI is InChI=1S/C24H29NO4/c1-18(26)21-10-11-22(23(16-21)28-2)29-17-24(27)25-14-12-20(13-15-25)9-8-19-6-4-3-5-7-19/h3-7,10-11,16,20H,8-9,12-15,17H2,1-2H3. The van der Waals surface area contributed by atoms with E-state index in [9.17, 15) is 9.59 Å². The molecule has 1 aliphatic rings. The number of likely N-dealkylation sites (tertiary alicyclic amines) is 1. The van der Waals surface area contributed by atoms with Gasteiger partial charge in [-0.1, -0.05) is 30.3 Å². The molecular formula is C24H29NO4. The summed E-state index contributed by atoms with van der Waals surface area (Å²) in [5, 5.41) is 0. The molecule has 29 heavy (non-hydrogen) atoms. The number of amides is 1. The first-order chi connectivity index (χ1) is 14.1. The van der Waals surface area contributed by atoms with E-state index in [-0.39, 0.29) is 18.3 Å². The zero-order valence-corrected chi connectivity index (χ0v) is 17.2. The first-order valence-corrected chi connectivity index (χ1v) is 10.2. The number of methoxy groups -OCH3 is 1. The molecule has 0 unspecified atom stereocenters. The first-order valence-electron chi connectivity index (χ1n) is 10.2. The second kappa shape index (κ2) is 10.1. The van der Waals surface area contributed by atoms with Crippen LogP contribution in [0.25, 0.3) is 0 Å². The van der Waals surface area contributed by atoms with Crippen LogP contribution >= 0.6 is 0 Å². The maximum absolute atomic E-state index is 12.5. The lowest BCUT2D eigenvalue weighted by Crippen LogP contribution is -2.41. The van der Waals surface area contributed by atoms with Crippen molar-refractivity contribution in [1.29, 1.82) is 0 Å². The van der Waals surface area contributed by atoms with Crippen molar-refractivity contribution in [3.8, 4) is 11.5 Å². The third-order valence-corrected chi connectivity index (χ3v) is 5.57. The average Bonchev–Trinajstić information content (AvgIpc) is 2.76. The molecule has 154 valence electrons. The molecule has 3 rings (SSSR count). The summed E-state index contributed by atoms with van der Waals surface area (Å²) in [5.41, 5.74) is 1.93. The van der Waals surface area contributed by atoms with Crippen LogP contribution in [-0.4, -0.2) is 43.4 Å². The van der Waals surface area contributed by atoms with Crippen molar-refractivity contribution in [2.24, 2.45) is 5.92 Å². The fraction of sp³-hybridized carbons (Fsp3) is 0.417. The summed E-state index contributed by atoms with van der Waals surface area (Å²) in [7, 11) is 1.52. The molecule has 5 heteroatoms. The van der Waals surface area contributed by atoms with E-state index in [1.807, 2.05) is 11.0 Å². The van der Waals surface area contributed by atoms with E-state index in [1.165, 1.54) is 26.0 Å². The van der Waals surface area contributed by atoms with Crippen molar-refractivity contribution in [2.75, 3.05) is 26.8 Å². The van der Waals surface area contributed by atoms with Gasteiger partial charge in [-0.05, 0) is 62.3 Å². The summed E-state index contributed by atoms with van der Waals surface area (Å²) >= 11 is 0. The quantitative estimate of drug-likeness (QED) is 0.630. The third-order valence-electron chi connectivity index (χ3n) is 5.57. The topological polar surface area (TPSA) is 55.8 Å². The minimum absolute atomic E-state index is 0.00999. The van der Waals surface area contributed by atoms with Gasteiger partial charge in [-0.2, -0.15) is 0 Å². The van der Waals surface area contributed by atoms with Crippen LogP contribution in [0.5, 0.6) is 11.5 Å². The molecule has 1 aliphatic heterocycles. The van der Waals surface area contributed by atoms with E-state index in [4.69, 9.17) is 9.47 Å². The molecular weight excluding hydrogens is 366 g/mol. The lowest BCUT2D eigenvalue weighted by Gasteiger charge is -2.32. The van der Waals surface area contributed by atoms with Crippen molar-refractivity contribution in [1.82, 2.24) is 4.90 Å². The Labute approximate surface area is 172 Å². The van der Waals surface area contributed by atoms with E-state index in [0.717, 1.165) is 32.4 Å². The van der Waals surface area contributed by atoms with Crippen molar-refractivity contribution in [2.45, 2.75) is 32.6 Å². The molecule has 0 spiro atoms. The molecule has 2 aromatic rings. The zero-order chi connectivity index (χ0) is 20.6. The van der Waals surface area contributed by atoms with Crippen LogP contribution in [0.4, 0.5) is 0 Å². The van der Waals surface area contributed by atoms with Crippen LogP contribution in [0.2, 0.25) is 0 Å². The van der Waals surface area contributed by atoms with E-state index in [1.54, 1.807) is 18.2 Å². The van der Waals surface area contributed by atoms with E-state index in [2.05, 4.69) is 24.3 Å². The number of Topliss-reactive ketones (excluding diaryl/α,β-unsaturated/α-hetero) is 1. The van der Waals surface area contributed by atoms with E-state index in [0.29, 0.717) is 23.0 Å². The Balaban J connectivity index is 1.44. The van der Waals surface area contributed by atoms with Crippen LogP contribution in [0.1, 0.15) is 42.1 Å². The molecule has 1 heterocycles. The van der Waals surface area contributed by atoms with Gasteiger partial charge >= 0.3 is 0 Å². The maximum Gasteiger partial charge on any atom is 0.260 e. The number of benzene rings is 2. The molecule has 0 atom stereocenters. The molecule has 2 aromatic carbocycles. The van der Waals surface area contributed by atoms with Crippen LogP contribution in [0.3, 0.4) is 0 Å². The molecule has 0 aliphatic carbocycles. The number of aryl methyl sites for hydroxylation is 1. The molecule has 0 saturated carbocycles. The number of carbonyl (C=O) groups is 2. The summed E-state index contributed by atoms with van der Waals surface area (Å²) in [4.78, 5) is 25.9. The fourth-order valence-electron chi connectivity index (χ4n) is 3.72. The SMILES string of the molecule is COc1cc(C(C)=O)ccc1OCC(=O)N1CCC(CCc2ccccc2)CC1. The van der Waals surface area contributed by atoms with E-state index < -0.39 is 0 Å². The van der Waals surface area contributed by atoms with Crippen molar-refractivity contribution < 1.29 is 19.1 Å². The predicted octanol–water partition coefficient (Wildman–Crippen LogP) is 4.15. The highest BCUT2D eigenvalue weighted by Crippen LogP contribution is 2.28. The van der Waals surface area contributed by atoms with Crippen LogP contribution in [0.15, 0.2) is 48.5 Å². The monoisotopic (exact) mass is 395 g/mol. The van der Waals surface area contributed by atoms with Crippen molar-refractivity contribution in [3.63, 3.8) is 0 Å². The maximum atomic E-state index is 12.5. The summed E-state index contributed by atoms with van der Waals surface area (Å²) in [5.74, 6) is 1.55. The zero-order valence-electron chi connectivity index (χ0n) is 17.2. The minimum atomic E-state index is -0.0407. The smallest absolute Gasteiger partial charge is 0.260 e. The molecule has 0 bridgehead atoms. The van der Waals surface area contributed by atoms with Gasteiger partial charge in [0.15, 0.2) is 23.9 Å². The molecule has 0 aromatic heterocycles. The Hall–Kier alpha value is -2.82. The number of piperidine rings is 1. The average molecular weight is 395 g/mol. The second-order valence-corrected chi connectivity index (χ2v) is 7.56. The number of ketones is 1. The Morgan fingerprint density at radius 3 is 2.41 bits per heavy atom. The molecule has 1 saturated heterocycles. The number of hydrogen-bond donors (Lipinski definition) is 0. The Morgan fingerprint density at radius 2 is 1.76 bits per heavy atom. The fourth-order valence-corrected chi connectivity index (χ4v) is 3.72. The third kappa shape index (κ3) is 5.83. The molecule has 1 fully saturated rings. The van der Waals surface area contributed by atoms with Crippen LogP contribution in [-0.2, 0) is 11.2 Å². The summed E-state index contributed by atoms with van der Waals surface area (Å²) in [6.07, 6.45) is 4.34. The van der Waals surface area contributed by atoms with Gasteiger partial charge in [0.05, 0.1) is 7.11 Å². The number of ether oxygens (including phenoxy) is 2. The molecule has 0 N–H and O–H groups in total. The summed E-state index contributed by atoms with van der Waals surface area (Å²) < 4.78 is 11.0. The lowest BCUT2D eigenvalue weighted by atomic mass is 9.90. The highest BCUT2D eigenvalue weighted by atomic mass is 16.5. The predicted molar refractivity (Wildman–Crippen MR) is 113 cm³/mol. The van der Waals surface area contributed by atoms with Gasteiger partial charge in [-0.15, -0.1) is 0 Å². The lowest BCUT2D eigenvalue weighted by molar-refractivity contribution is -0.134. The Kier molecular flexibility index (Phi) is 7.28.